The van der Waals surface area contributed by atoms with Crippen LogP contribution in [0.4, 0.5) is 4.79 Å². The number of primary amides is 1. The number of amides is 2. The SMILES string of the molecule is CC1C(=O)C(C#N)=CC2(C)C3=CC(=O)C4C5CC(C)(C)CCC5(NC(N)=O)CCC4C3(C)CCC12. The molecular formula is C29H39N3O3. The van der Waals surface area contributed by atoms with Gasteiger partial charge in [-0.2, -0.15) is 5.26 Å². The Morgan fingerprint density at radius 2 is 1.74 bits per heavy atom. The Balaban J connectivity index is 1.63. The zero-order valence-corrected chi connectivity index (χ0v) is 21.7. The Kier molecular flexibility index (Phi) is 5.23. The number of ketones is 2. The first kappa shape index (κ1) is 24.3. The number of carbonyl (C=O) groups excluding carboxylic acids is 3. The van der Waals surface area contributed by atoms with Crippen LogP contribution in [-0.2, 0) is 9.59 Å². The van der Waals surface area contributed by atoms with Crippen LogP contribution in [0.2, 0.25) is 0 Å². The molecule has 35 heavy (non-hydrogen) atoms. The number of carbonyl (C=O) groups is 3. The summed E-state index contributed by atoms with van der Waals surface area (Å²) < 4.78 is 0. The maximum atomic E-state index is 14.1. The monoisotopic (exact) mass is 477 g/mol. The predicted octanol–water partition coefficient (Wildman–Crippen LogP) is 4.85. The molecule has 0 aliphatic heterocycles. The minimum atomic E-state index is -0.498. The summed E-state index contributed by atoms with van der Waals surface area (Å²) in [6.07, 6.45) is 10.1. The van der Waals surface area contributed by atoms with E-state index in [9.17, 15) is 19.6 Å². The molecule has 0 spiro atoms. The molecule has 6 heteroatoms. The molecule has 3 N–H and O–H groups in total. The molecule has 5 aliphatic carbocycles. The molecule has 0 aromatic carbocycles. The molecule has 5 rings (SSSR count). The van der Waals surface area contributed by atoms with E-state index in [1.807, 2.05) is 19.1 Å². The highest BCUT2D eigenvalue weighted by molar-refractivity contribution is 6.02. The van der Waals surface area contributed by atoms with E-state index in [1.54, 1.807) is 0 Å². The topological polar surface area (TPSA) is 113 Å². The predicted molar refractivity (Wildman–Crippen MR) is 133 cm³/mol. The minimum Gasteiger partial charge on any atom is -0.352 e. The summed E-state index contributed by atoms with van der Waals surface area (Å²) in [6, 6.07) is 1.64. The standard InChI is InChI=1S/C29H39N3O3/c1-16-18-6-8-27(4)19-7-9-29(32-25(31)35)11-10-26(2,3)14-20(29)23(19)21(33)12-22(27)28(18,5)13-17(15-30)24(16)34/h12-13,16,18-20,23H,6-11,14H2,1-5H3,(H3,31,32,35). The first-order valence-corrected chi connectivity index (χ1v) is 13.3. The summed E-state index contributed by atoms with van der Waals surface area (Å²) in [6.45, 7) is 10.9. The third kappa shape index (κ3) is 3.29. The van der Waals surface area contributed by atoms with E-state index in [0.29, 0.717) is 0 Å². The van der Waals surface area contributed by atoms with Gasteiger partial charge >= 0.3 is 6.03 Å². The summed E-state index contributed by atoms with van der Waals surface area (Å²) in [7, 11) is 0. The Bertz CT molecular complexity index is 1110. The largest absolute Gasteiger partial charge is 0.352 e. The van der Waals surface area contributed by atoms with Gasteiger partial charge in [-0.05, 0) is 79.6 Å². The van der Waals surface area contributed by atoms with E-state index in [-0.39, 0.29) is 57.6 Å². The van der Waals surface area contributed by atoms with Crippen molar-refractivity contribution in [2.75, 3.05) is 0 Å². The lowest BCUT2D eigenvalue weighted by Gasteiger charge is -2.64. The highest BCUT2D eigenvalue weighted by atomic mass is 16.2. The molecule has 0 heterocycles. The summed E-state index contributed by atoms with van der Waals surface area (Å²) in [5, 5.41) is 12.8. The average Bonchev–Trinajstić information content (AvgIpc) is 2.77. The number of rotatable bonds is 1. The van der Waals surface area contributed by atoms with Crippen molar-refractivity contribution in [3.63, 3.8) is 0 Å². The number of hydrogen-bond donors (Lipinski definition) is 2. The van der Waals surface area contributed by atoms with Gasteiger partial charge in [-0.15, -0.1) is 0 Å². The normalized spacial score (nSPS) is 46.0. The van der Waals surface area contributed by atoms with Gasteiger partial charge in [-0.1, -0.05) is 46.3 Å². The smallest absolute Gasteiger partial charge is 0.312 e. The summed E-state index contributed by atoms with van der Waals surface area (Å²) in [5.41, 5.74) is 6.05. The van der Waals surface area contributed by atoms with Crippen LogP contribution in [0.15, 0.2) is 23.3 Å². The fourth-order valence-electron chi connectivity index (χ4n) is 9.36. The Morgan fingerprint density at radius 1 is 1.06 bits per heavy atom. The van der Waals surface area contributed by atoms with Crippen molar-refractivity contribution < 1.29 is 14.4 Å². The van der Waals surface area contributed by atoms with Gasteiger partial charge in [0.2, 0.25) is 0 Å². The maximum absolute atomic E-state index is 14.1. The van der Waals surface area contributed by atoms with E-state index in [2.05, 4.69) is 39.1 Å². The van der Waals surface area contributed by atoms with E-state index < -0.39 is 17.0 Å². The number of nitrogens with zero attached hydrogens (tertiary/aromatic N) is 1. The van der Waals surface area contributed by atoms with Gasteiger partial charge in [0.1, 0.15) is 6.07 Å². The van der Waals surface area contributed by atoms with Crippen molar-refractivity contribution in [1.29, 1.82) is 5.26 Å². The lowest BCUT2D eigenvalue weighted by molar-refractivity contribution is -0.139. The Labute approximate surface area is 208 Å². The quantitative estimate of drug-likeness (QED) is 0.562. The van der Waals surface area contributed by atoms with Gasteiger partial charge in [0.15, 0.2) is 11.6 Å². The second-order valence-electron chi connectivity index (χ2n) is 13.4. The van der Waals surface area contributed by atoms with Crippen LogP contribution in [0, 0.1) is 57.2 Å². The van der Waals surface area contributed by atoms with Crippen LogP contribution in [-0.4, -0.2) is 23.1 Å². The van der Waals surface area contributed by atoms with Crippen LogP contribution < -0.4 is 11.1 Å². The molecule has 5 aliphatic rings. The van der Waals surface area contributed by atoms with Gasteiger partial charge in [0, 0.05) is 22.8 Å². The van der Waals surface area contributed by atoms with Gasteiger partial charge in [-0.3, -0.25) is 9.59 Å². The highest BCUT2D eigenvalue weighted by Gasteiger charge is 2.64. The van der Waals surface area contributed by atoms with E-state index in [1.165, 1.54) is 0 Å². The minimum absolute atomic E-state index is 0.0576. The van der Waals surface area contributed by atoms with Crippen molar-refractivity contribution >= 4 is 17.6 Å². The lowest BCUT2D eigenvalue weighted by Crippen LogP contribution is -2.67. The number of nitrogens with two attached hydrogens (primary N) is 1. The molecule has 6 nitrogen and oxygen atoms in total. The first-order chi connectivity index (χ1) is 16.3. The van der Waals surface area contributed by atoms with E-state index >= 15 is 0 Å². The maximum Gasteiger partial charge on any atom is 0.312 e. The zero-order valence-electron chi connectivity index (χ0n) is 21.7. The third-order valence-electron chi connectivity index (χ3n) is 11.1. The van der Waals surface area contributed by atoms with Crippen LogP contribution in [0.25, 0.3) is 0 Å². The number of nitriles is 1. The molecule has 188 valence electrons. The molecular weight excluding hydrogens is 438 g/mol. The fraction of sp³-hybridized carbons (Fsp3) is 0.724. The third-order valence-corrected chi connectivity index (χ3v) is 11.1. The second-order valence-corrected chi connectivity index (χ2v) is 13.4. The van der Waals surface area contributed by atoms with Gasteiger partial charge in [-0.25, -0.2) is 4.79 Å². The number of fused-ring (bicyclic) bond motifs is 7. The van der Waals surface area contributed by atoms with Crippen molar-refractivity contribution in [3.8, 4) is 6.07 Å². The molecule has 8 unspecified atom stereocenters. The molecule has 8 atom stereocenters. The number of hydrogen-bond acceptors (Lipinski definition) is 4. The number of urea groups is 1. The molecule has 0 saturated heterocycles. The fourth-order valence-corrected chi connectivity index (χ4v) is 9.36. The number of allylic oxidation sites excluding steroid dienone is 4. The molecule has 0 bridgehead atoms. The molecule has 0 aromatic rings. The molecule has 0 radical (unpaired) electrons. The molecule has 2 amide bonds. The van der Waals surface area contributed by atoms with Crippen LogP contribution in [0.1, 0.15) is 79.6 Å². The van der Waals surface area contributed by atoms with Gasteiger partial charge < -0.3 is 11.1 Å². The highest BCUT2D eigenvalue weighted by Crippen LogP contribution is 2.68. The second kappa shape index (κ2) is 7.54. The van der Waals surface area contributed by atoms with Crippen molar-refractivity contribution in [3.05, 3.63) is 23.3 Å². The van der Waals surface area contributed by atoms with Crippen molar-refractivity contribution in [2.45, 2.75) is 85.1 Å². The van der Waals surface area contributed by atoms with Crippen molar-refractivity contribution in [2.24, 2.45) is 51.6 Å². The molecule has 0 aromatic heterocycles. The summed E-state index contributed by atoms with van der Waals surface area (Å²) in [4.78, 5) is 38.9. The Hall–Kier alpha value is -2.42. The molecule has 3 fully saturated rings. The molecule has 3 saturated carbocycles. The number of nitrogens with one attached hydrogen (secondary N) is 1. The zero-order chi connectivity index (χ0) is 25.6. The van der Waals surface area contributed by atoms with Gasteiger partial charge in [0.05, 0.1) is 5.57 Å². The Morgan fingerprint density at radius 3 is 2.40 bits per heavy atom. The summed E-state index contributed by atoms with van der Waals surface area (Å²) >= 11 is 0. The van der Waals surface area contributed by atoms with Gasteiger partial charge in [0.25, 0.3) is 0 Å². The van der Waals surface area contributed by atoms with Crippen LogP contribution in [0.5, 0.6) is 0 Å². The van der Waals surface area contributed by atoms with Crippen LogP contribution in [0.3, 0.4) is 0 Å². The average molecular weight is 478 g/mol. The number of Topliss-reactive ketones (excluding diaryl/α,β-unsaturated/α-hetero) is 1. The summed E-state index contributed by atoms with van der Waals surface area (Å²) in [5.74, 6) is 0.0524. The van der Waals surface area contributed by atoms with E-state index in [0.717, 1.165) is 50.5 Å². The lowest BCUT2D eigenvalue weighted by atomic mass is 9.40. The first-order valence-electron chi connectivity index (χ1n) is 13.3. The van der Waals surface area contributed by atoms with Crippen molar-refractivity contribution in [1.82, 2.24) is 5.32 Å². The van der Waals surface area contributed by atoms with Crippen LogP contribution >= 0.6 is 0 Å². The van der Waals surface area contributed by atoms with E-state index in [4.69, 9.17) is 5.73 Å².